The van der Waals surface area contributed by atoms with E-state index in [2.05, 4.69) is 13.8 Å². The standard InChI is InChI=1S/C12H25NOS/c1-10(2)9-15(14)12-7-5-3-4-6-11(12)8-13/h10-12H,3-9,13H2,1-2H3. The van der Waals surface area contributed by atoms with E-state index in [1.807, 2.05) is 0 Å². The Hall–Kier alpha value is 0.110. The zero-order valence-electron chi connectivity index (χ0n) is 10.1. The predicted octanol–water partition coefficient (Wildman–Crippen LogP) is 2.30. The van der Waals surface area contributed by atoms with Crippen LogP contribution in [0.5, 0.6) is 0 Å². The second kappa shape index (κ2) is 6.64. The summed E-state index contributed by atoms with van der Waals surface area (Å²) >= 11 is 0. The van der Waals surface area contributed by atoms with Crippen LogP contribution >= 0.6 is 0 Å². The molecule has 15 heavy (non-hydrogen) atoms. The van der Waals surface area contributed by atoms with E-state index in [0.717, 1.165) is 12.2 Å². The molecule has 1 rings (SSSR count). The lowest BCUT2D eigenvalue weighted by atomic mass is 10.0. The van der Waals surface area contributed by atoms with Crippen molar-refractivity contribution in [1.82, 2.24) is 0 Å². The molecule has 0 heterocycles. The lowest BCUT2D eigenvalue weighted by Gasteiger charge is -2.23. The van der Waals surface area contributed by atoms with Crippen LogP contribution in [0.2, 0.25) is 0 Å². The Morgan fingerprint density at radius 3 is 2.53 bits per heavy atom. The van der Waals surface area contributed by atoms with Gasteiger partial charge in [0.1, 0.15) is 0 Å². The minimum atomic E-state index is -0.658. The Morgan fingerprint density at radius 1 is 1.27 bits per heavy atom. The van der Waals surface area contributed by atoms with E-state index in [4.69, 9.17) is 5.73 Å². The Bertz CT molecular complexity index is 206. The van der Waals surface area contributed by atoms with Gasteiger partial charge in [0.15, 0.2) is 0 Å². The highest BCUT2D eigenvalue weighted by molar-refractivity contribution is 7.85. The molecule has 1 fully saturated rings. The van der Waals surface area contributed by atoms with Crippen molar-refractivity contribution in [3.8, 4) is 0 Å². The van der Waals surface area contributed by atoms with E-state index in [0.29, 0.717) is 23.6 Å². The van der Waals surface area contributed by atoms with Crippen LogP contribution in [-0.4, -0.2) is 21.8 Å². The number of hydrogen-bond donors (Lipinski definition) is 1. The van der Waals surface area contributed by atoms with Gasteiger partial charge in [-0.25, -0.2) is 0 Å². The van der Waals surface area contributed by atoms with E-state index >= 15 is 0 Å². The third kappa shape index (κ3) is 4.23. The van der Waals surface area contributed by atoms with E-state index < -0.39 is 10.8 Å². The zero-order chi connectivity index (χ0) is 11.3. The highest BCUT2D eigenvalue weighted by Gasteiger charge is 2.27. The van der Waals surface area contributed by atoms with Crippen molar-refractivity contribution in [2.75, 3.05) is 12.3 Å². The molecule has 2 N–H and O–H groups in total. The molecular weight excluding hydrogens is 206 g/mol. The van der Waals surface area contributed by atoms with Crippen LogP contribution in [0.3, 0.4) is 0 Å². The fourth-order valence-electron chi connectivity index (χ4n) is 2.42. The normalized spacial score (nSPS) is 30.1. The molecule has 0 bridgehead atoms. The van der Waals surface area contributed by atoms with Gasteiger partial charge in [-0.15, -0.1) is 0 Å². The van der Waals surface area contributed by atoms with Gasteiger partial charge in [0.25, 0.3) is 0 Å². The molecule has 3 atom stereocenters. The molecule has 0 saturated heterocycles. The molecule has 0 radical (unpaired) electrons. The quantitative estimate of drug-likeness (QED) is 0.754. The van der Waals surface area contributed by atoms with Crippen molar-refractivity contribution in [3.63, 3.8) is 0 Å². The molecule has 90 valence electrons. The molecule has 0 aliphatic heterocycles. The van der Waals surface area contributed by atoms with Gasteiger partial charge < -0.3 is 5.73 Å². The van der Waals surface area contributed by atoms with Crippen molar-refractivity contribution in [2.45, 2.75) is 51.2 Å². The molecule has 0 aromatic rings. The fourth-order valence-corrected chi connectivity index (χ4v) is 4.43. The van der Waals surface area contributed by atoms with Crippen LogP contribution < -0.4 is 5.73 Å². The molecule has 3 heteroatoms. The van der Waals surface area contributed by atoms with Gasteiger partial charge in [-0.1, -0.05) is 33.1 Å². The summed E-state index contributed by atoms with van der Waals surface area (Å²) in [4.78, 5) is 0. The maximum atomic E-state index is 12.2. The van der Waals surface area contributed by atoms with Crippen molar-refractivity contribution >= 4 is 10.8 Å². The second-order valence-corrected chi connectivity index (χ2v) is 6.81. The molecule has 3 unspecified atom stereocenters. The van der Waals surface area contributed by atoms with E-state index in [9.17, 15) is 4.21 Å². The topological polar surface area (TPSA) is 43.1 Å². The third-order valence-electron chi connectivity index (χ3n) is 3.23. The van der Waals surface area contributed by atoms with Crippen molar-refractivity contribution in [1.29, 1.82) is 0 Å². The third-order valence-corrected chi connectivity index (χ3v) is 5.52. The summed E-state index contributed by atoms with van der Waals surface area (Å²) in [6.45, 7) is 5.01. The van der Waals surface area contributed by atoms with Crippen LogP contribution in [0, 0.1) is 11.8 Å². The van der Waals surface area contributed by atoms with Gasteiger partial charge in [-0.2, -0.15) is 0 Å². The molecule has 0 aromatic heterocycles. The van der Waals surface area contributed by atoms with Gasteiger partial charge in [0.05, 0.1) is 0 Å². The smallest absolute Gasteiger partial charge is 0.0388 e. The number of rotatable bonds is 4. The largest absolute Gasteiger partial charge is 0.330 e. The van der Waals surface area contributed by atoms with Crippen LogP contribution in [0.4, 0.5) is 0 Å². The van der Waals surface area contributed by atoms with Gasteiger partial charge >= 0.3 is 0 Å². The van der Waals surface area contributed by atoms with Crippen molar-refractivity contribution in [3.05, 3.63) is 0 Å². The Kier molecular flexibility index (Phi) is 5.83. The van der Waals surface area contributed by atoms with Crippen LogP contribution in [0.1, 0.15) is 46.0 Å². The predicted molar refractivity (Wildman–Crippen MR) is 67.3 cm³/mol. The van der Waals surface area contributed by atoms with Crippen molar-refractivity contribution in [2.24, 2.45) is 17.6 Å². The Labute approximate surface area is 96.5 Å². The second-order valence-electron chi connectivity index (χ2n) is 5.11. The summed E-state index contributed by atoms with van der Waals surface area (Å²) in [6.07, 6.45) is 6.13. The first-order valence-electron chi connectivity index (χ1n) is 6.22. The summed E-state index contributed by atoms with van der Waals surface area (Å²) in [7, 11) is -0.658. The summed E-state index contributed by atoms with van der Waals surface area (Å²) in [5.74, 6) is 1.89. The molecule has 0 spiro atoms. The summed E-state index contributed by atoms with van der Waals surface area (Å²) in [6, 6.07) is 0. The molecule has 0 amide bonds. The Balaban J connectivity index is 2.57. The lowest BCUT2D eigenvalue weighted by Crippen LogP contribution is -2.32. The van der Waals surface area contributed by atoms with Gasteiger partial charge in [-0.3, -0.25) is 4.21 Å². The number of hydrogen-bond acceptors (Lipinski definition) is 2. The van der Waals surface area contributed by atoms with E-state index in [1.165, 1.54) is 25.7 Å². The molecule has 1 saturated carbocycles. The molecule has 1 aliphatic rings. The van der Waals surface area contributed by atoms with E-state index in [1.54, 1.807) is 0 Å². The first kappa shape index (κ1) is 13.2. The van der Waals surface area contributed by atoms with Gasteiger partial charge in [-0.05, 0) is 31.2 Å². The maximum absolute atomic E-state index is 12.2. The fraction of sp³-hybridized carbons (Fsp3) is 1.00. The van der Waals surface area contributed by atoms with Gasteiger partial charge in [0, 0.05) is 21.8 Å². The van der Waals surface area contributed by atoms with Crippen molar-refractivity contribution < 1.29 is 4.21 Å². The number of nitrogens with two attached hydrogens (primary N) is 1. The maximum Gasteiger partial charge on any atom is 0.0388 e. The highest BCUT2D eigenvalue weighted by Crippen LogP contribution is 2.27. The minimum Gasteiger partial charge on any atom is -0.330 e. The first-order valence-corrected chi connectivity index (χ1v) is 7.60. The molecule has 2 nitrogen and oxygen atoms in total. The van der Waals surface area contributed by atoms with Crippen LogP contribution in [0.15, 0.2) is 0 Å². The summed E-state index contributed by atoms with van der Waals surface area (Å²) in [5, 5.41) is 0.375. The minimum absolute atomic E-state index is 0.375. The molecular formula is C12H25NOS. The van der Waals surface area contributed by atoms with Crippen LogP contribution in [-0.2, 0) is 10.8 Å². The average molecular weight is 231 g/mol. The summed E-state index contributed by atoms with van der Waals surface area (Å²) in [5.41, 5.74) is 5.80. The van der Waals surface area contributed by atoms with E-state index in [-0.39, 0.29) is 0 Å². The highest BCUT2D eigenvalue weighted by atomic mass is 32.2. The average Bonchev–Trinajstić information content (AvgIpc) is 2.40. The Morgan fingerprint density at radius 2 is 1.93 bits per heavy atom. The van der Waals surface area contributed by atoms with Crippen LogP contribution in [0.25, 0.3) is 0 Å². The molecule has 1 aliphatic carbocycles. The molecule has 0 aromatic carbocycles. The lowest BCUT2D eigenvalue weighted by molar-refractivity contribution is 0.472. The first-order chi connectivity index (χ1) is 7.15. The monoisotopic (exact) mass is 231 g/mol. The summed E-state index contributed by atoms with van der Waals surface area (Å²) < 4.78 is 12.2. The SMILES string of the molecule is CC(C)CS(=O)C1CCCCCC1CN. The zero-order valence-corrected chi connectivity index (χ0v) is 10.9. The van der Waals surface area contributed by atoms with Gasteiger partial charge in [0.2, 0.25) is 0 Å².